The second-order valence-electron chi connectivity index (χ2n) is 8.34. The van der Waals surface area contributed by atoms with Crippen molar-refractivity contribution in [2.24, 2.45) is 0 Å². The molecule has 0 saturated heterocycles. The summed E-state index contributed by atoms with van der Waals surface area (Å²) in [5.41, 5.74) is 4.24. The Morgan fingerprint density at radius 1 is 1.06 bits per heavy atom. The van der Waals surface area contributed by atoms with Gasteiger partial charge in [-0.15, -0.1) is 0 Å². The number of aliphatic hydroxyl groups excluding tert-OH is 1. The number of nitrogens with zero attached hydrogens (tertiary/aromatic N) is 4. The Hall–Kier alpha value is -3.65. The minimum atomic E-state index is -0.375. The van der Waals surface area contributed by atoms with E-state index in [1.54, 1.807) is 11.0 Å². The van der Waals surface area contributed by atoms with Gasteiger partial charge in [0.25, 0.3) is 0 Å². The number of imidazole rings is 1. The first kappa shape index (κ1) is 20.6. The van der Waals surface area contributed by atoms with Crippen LogP contribution in [0.3, 0.4) is 0 Å². The van der Waals surface area contributed by atoms with E-state index >= 15 is 0 Å². The fraction of sp³-hybridized carbons (Fsp3) is 0.261. The van der Waals surface area contributed by atoms with E-state index in [9.17, 15) is 9.90 Å². The van der Waals surface area contributed by atoms with Crippen LogP contribution in [-0.4, -0.2) is 37.1 Å². The number of aliphatic hydroxyl groups is 1. The summed E-state index contributed by atoms with van der Waals surface area (Å²) in [5, 5.41) is 19.5. The molecule has 4 rings (SSSR count). The van der Waals surface area contributed by atoms with Gasteiger partial charge in [-0.1, -0.05) is 32.9 Å². The highest BCUT2D eigenvalue weighted by Gasteiger charge is 2.20. The average molecular weight is 419 g/mol. The third-order valence-electron chi connectivity index (χ3n) is 4.96. The molecule has 0 saturated carbocycles. The van der Waals surface area contributed by atoms with E-state index in [1.165, 1.54) is 0 Å². The normalized spacial score (nSPS) is 11.6. The highest BCUT2D eigenvalue weighted by molar-refractivity contribution is 5.99. The van der Waals surface area contributed by atoms with Crippen molar-refractivity contribution in [3.8, 4) is 5.69 Å². The molecule has 3 N–H and O–H groups in total. The Labute approximate surface area is 180 Å². The first-order valence-corrected chi connectivity index (χ1v) is 10.1. The van der Waals surface area contributed by atoms with Gasteiger partial charge in [0.2, 0.25) is 0 Å². The monoisotopic (exact) mass is 418 g/mol. The van der Waals surface area contributed by atoms with Gasteiger partial charge in [-0.05, 0) is 36.4 Å². The van der Waals surface area contributed by atoms with Crippen molar-refractivity contribution < 1.29 is 9.90 Å². The lowest BCUT2D eigenvalue weighted by molar-refractivity contribution is 0.260. The number of hydrogen-bond acceptors (Lipinski definition) is 4. The number of rotatable bonds is 5. The SMILES string of the molecule is CC(C)(C)c1cc(NC(=O)Nc2ccc(-n3cnc4ccccc43)cc2)n(CCO)n1. The van der Waals surface area contributed by atoms with Crippen LogP contribution in [0.5, 0.6) is 0 Å². The molecule has 2 heterocycles. The predicted octanol–water partition coefficient (Wildman–Crippen LogP) is 4.16. The van der Waals surface area contributed by atoms with Crippen LogP contribution in [0.4, 0.5) is 16.3 Å². The van der Waals surface area contributed by atoms with Crippen molar-refractivity contribution in [2.75, 3.05) is 17.2 Å². The number of amides is 2. The zero-order valence-corrected chi connectivity index (χ0v) is 17.8. The van der Waals surface area contributed by atoms with Crippen LogP contribution in [0.15, 0.2) is 60.9 Å². The maximum absolute atomic E-state index is 12.5. The van der Waals surface area contributed by atoms with E-state index in [2.05, 4.69) is 20.7 Å². The van der Waals surface area contributed by atoms with Crippen LogP contribution >= 0.6 is 0 Å². The molecule has 31 heavy (non-hydrogen) atoms. The molecule has 0 fully saturated rings. The molecule has 2 aromatic heterocycles. The molecule has 0 aliphatic rings. The minimum Gasteiger partial charge on any atom is -0.394 e. The topological polar surface area (TPSA) is 97.0 Å². The van der Waals surface area contributed by atoms with Crippen molar-refractivity contribution in [1.82, 2.24) is 19.3 Å². The van der Waals surface area contributed by atoms with Crippen LogP contribution in [0.1, 0.15) is 26.5 Å². The highest BCUT2D eigenvalue weighted by Crippen LogP contribution is 2.24. The van der Waals surface area contributed by atoms with E-state index in [-0.39, 0.29) is 18.1 Å². The van der Waals surface area contributed by atoms with Crippen LogP contribution in [0.2, 0.25) is 0 Å². The van der Waals surface area contributed by atoms with Gasteiger partial charge in [0.15, 0.2) is 0 Å². The van der Waals surface area contributed by atoms with Gasteiger partial charge in [-0.25, -0.2) is 14.5 Å². The smallest absolute Gasteiger partial charge is 0.324 e. The number of urea groups is 1. The molecule has 8 nitrogen and oxygen atoms in total. The molecule has 2 aromatic carbocycles. The standard InChI is InChI=1S/C23H26N6O2/c1-23(2,3)20-14-21(29(27-20)12-13-30)26-22(31)25-16-8-10-17(11-9-16)28-15-24-18-6-4-5-7-19(18)28/h4-11,14-15,30H,12-13H2,1-3H3,(H2,25,26,31). The van der Waals surface area contributed by atoms with Crippen molar-refractivity contribution >= 4 is 28.6 Å². The molecule has 0 aliphatic heterocycles. The lowest BCUT2D eigenvalue weighted by Gasteiger charge is -2.13. The van der Waals surface area contributed by atoms with Gasteiger partial charge in [0, 0.05) is 22.9 Å². The van der Waals surface area contributed by atoms with Gasteiger partial charge in [0.1, 0.15) is 12.1 Å². The Bertz CT molecular complexity index is 1200. The molecule has 0 aliphatic carbocycles. The van der Waals surface area contributed by atoms with E-state index in [1.807, 2.05) is 79.9 Å². The molecule has 0 bridgehead atoms. The molecule has 0 unspecified atom stereocenters. The lowest BCUT2D eigenvalue weighted by atomic mass is 9.92. The number of hydrogen-bond donors (Lipinski definition) is 3. The minimum absolute atomic E-state index is 0.0635. The third kappa shape index (κ3) is 4.44. The van der Waals surface area contributed by atoms with E-state index in [4.69, 9.17) is 0 Å². The fourth-order valence-electron chi connectivity index (χ4n) is 3.30. The number of benzene rings is 2. The first-order valence-electron chi connectivity index (χ1n) is 10.1. The summed E-state index contributed by atoms with van der Waals surface area (Å²) in [7, 11) is 0. The zero-order chi connectivity index (χ0) is 22.0. The first-order chi connectivity index (χ1) is 14.8. The average Bonchev–Trinajstić information content (AvgIpc) is 3.33. The molecule has 0 radical (unpaired) electrons. The van der Waals surface area contributed by atoms with Crippen LogP contribution in [-0.2, 0) is 12.0 Å². The number of carbonyl (C=O) groups is 1. The molecule has 8 heteroatoms. The Kier molecular flexibility index (Phi) is 5.48. The van der Waals surface area contributed by atoms with Gasteiger partial charge in [-0.2, -0.15) is 5.10 Å². The molecule has 0 atom stereocenters. The van der Waals surface area contributed by atoms with Gasteiger partial charge in [-0.3, -0.25) is 9.88 Å². The maximum Gasteiger partial charge on any atom is 0.324 e. The lowest BCUT2D eigenvalue weighted by Crippen LogP contribution is -2.22. The van der Waals surface area contributed by atoms with E-state index in [0.717, 1.165) is 22.4 Å². The predicted molar refractivity (Wildman–Crippen MR) is 122 cm³/mol. The third-order valence-corrected chi connectivity index (χ3v) is 4.96. The number of aromatic nitrogens is 4. The molecular formula is C23H26N6O2. The summed E-state index contributed by atoms with van der Waals surface area (Å²) in [5.74, 6) is 0.540. The Morgan fingerprint density at radius 3 is 2.52 bits per heavy atom. The molecule has 4 aromatic rings. The second-order valence-corrected chi connectivity index (χ2v) is 8.34. The van der Waals surface area contributed by atoms with Crippen LogP contribution in [0, 0.1) is 0 Å². The van der Waals surface area contributed by atoms with Gasteiger partial charge >= 0.3 is 6.03 Å². The van der Waals surface area contributed by atoms with Crippen LogP contribution in [0.25, 0.3) is 16.7 Å². The van der Waals surface area contributed by atoms with Gasteiger partial charge in [0.05, 0.1) is 29.9 Å². The number of anilines is 2. The summed E-state index contributed by atoms with van der Waals surface area (Å²) in [6, 6.07) is 16.9. The largest absolute Gasteiger partial charge is 0.394 e. The highest BCUT2D eigenvalue weighted by atomic mass is 16.3. The van der Waals surface area contributed by atoms with Gasteiger partial charge < -0.3 is 10.4 Å². The van der Waals surface area contributed by atoms with Crippen molar-refractivity contribution in [2.45, 2.75) is 32.7 Å². The molecule has 160 valence electrons. The second kappa shape index (κ2) is 8.23. The zero-order valence-electron chi connectivity index (χ0n) is 17.8. The molecule has 0 spiro atoms. The summed E-state index contributed by atoms with van der Waals surface area (Å²) >= 11 is 0. The number of nitrogens with one attached hydrogen (secondary N) is 2. The number of para-hydroxylation sites is 2. The summed E-state index contributed by atoms with van der Waals surface area (Å²) in [4.78, 5) is 17.0. The maximum atomic E-state index is 12.5. The fourth-order valence-corrected chi connectivity index (χ4v) is 3.30. The molecule has 2 amide bonds. The molecular weight excluding hydrogens is 392 g/mol. The van der Waals surface area contributed by atoms with Crippen molar-refractivity contribution in [3.63, 3.8) is 0 Å². The van der Waals surface area contributed by atoms with Crippen LogP contribution < -0.4 is 10.6 Å². The summed E-state index contributed by atoms with van der Waals surface area (Å²) in [6.07, 6.45) is 1.79. The quantitative estimate of drug-likeness (QED) is 0.453. The summed E-state index contributed by atoms with van der Waals surface area (Å²) < 4.78 is 3.61. The van der Waals surface area contributed by atoms with Crippen molar-refractivity contribution in [1.29, 1.82) is 0 Å². The Balaban J connectivity index is 1.48. The van der Waals surface area contributed by atoms with E-state index in [0.29, 0.717) is 18.1 Å². The number of carbonyl (C=O) groups excluding carboxylic acids is 1. The van der Waals surface area contributed by atoms with E-state index < -0.39 is 0 Å². The Morgan fingerprint density at radius 2 is 1.81 bits per heavy atom. The number of fused-ring (bicyclic) bond motifs is 1. The summed E-state index contributed by atoms with van der Waals surface area (Å²) in [6.45, 7) is 6.39. The van der Waals surface area contributed by atoms with Crippen molar-refractivity contribution in [3.05, 3.63) is 66.6 Å².